The Hall–Kier alpha value is -3.54. The molecule has 0 spiro atoms. The quantitative estimate of drug-likeness (QED) is 0.113. The Kier molecular flexibility index (Phi) is 7.29. The molecule has 0 bridgehead atoms. The Bertz CT molecular complexity index is 1410. The molecule has 0 aliphatic heterocycles. The van der Waals surface area contributed by atoms with Crippen LogP contribution in [0.15, 0.2) is 53.2 Å². The number of alkyl halides is 1. The number of esters is 1. The number of nitrogens with zero attached hydrogens (tertiary/aromatic N) is 3. The van der Waals surface area contributed by atoms with E-state index in [1.807, 2.05) is 0 Å². The minimum Gasteiger partial charge on any atom is -0.494 e. The van der Waals surface area contributed by atoms with Crippen LogP contribution in [0.25, 0.3) is 28.3 Å². The number of rotatable bonds is 8. The fourth-order valence-electron chi connectivity index (χ4n) is 3.81. The first-order chi connectivity index (χ1) is 16.9. The second-order valence-corrected chi connectivity index (χ2v) is 8.17. The number of benzene rings is 2. The van der Waals surface area contributed by atoms with Crippen molar-refractivity contribution in [2.75, 3.05) is 13.7 Å². The molecule has 0 aliphatic carbocycles. The molecule has 0 N–H and O–H groups in total. The van der Waals surface area contributed by atoms with Gasteiger partial charge >= 0.3 is 5.97 Å². The number of Topliss-reactive ketones (excluding diaryl/α,β-unsaturated/α-hetero) is 1. The summed E-state index contributed by atoms with van der Waals surface area (Å²) in [5.74, 6) is -1.15. The Balaban J connectivity index is 1.99. The largest absolute Gasteiger partial charge is 0.494 e. The Morgan fingerprint density at radius 3 is 2.63 bits per heavy atom. The van der Waals surface area contributed by atoms with Crippen molar-refractivity contribution in [3.05, 3.63) is 71.3 Å². The maximum absolute atomic E-state index is 14.9. The van der Waals surface area contributed by atoms with Crippen molar-refractivity contribution in [3.63, 3.8) is 0 Å². The first-order valence-corrected chi connectivity index (χ1v) is 12.2. The average molecular weight is 589 g/mol. The van der Waals surface area contributed by atoms with E-state index in [1.54, 1.807) is 43.3 Å². The third kappa shape index (κ3) is 4.45. The summed E-state index contributed by atoms with van der Waals surface area (Å²) in [7, 11) is 1.50. The monoisotopic (exact) mass is 589 g/mol. The Morgan fingerprint density at radius 2 is 1.94 bits per heavy atom. The van der Waals surface area contributed by atoms with Crippen molar-refractivity contribution >= 4 is 34.3 Å². The molecule has 0 amide bonds. The van der Waals surface area contributed by atoms with Crippen molar-refractivity contribution in [1.29, 1.82) is 0 Å². The average Bonchev–Trinajstić information content (AvgIpc) is 3.48. The molecular weight excluding hydrogens is 568 g/mol. The summed E-state index contributed by atoms with van der Waals surface area (Å²) in [5.41, 5.74) is 1.63. The van der Waals surface area contributed by atoms with Crippen LogP contribution in [0.1, 0.15) is 40.3 Å². The van der Waals surface area contributed by atoms with Crippen LogP contribution in [0.3, 0.4) is 0 Å². The lowest BCUT2D eigenvalue weighted by Gasteiger charge is -2.12. The van der Waals surface area contributed by atoms with Crippen molar-refractivity contribution < 1.29 is 28.0 Å². The van der Waals surface area contributed by atoms with Crippen LogP contribution in [0.2, 0.25) is 0 Å². The molecule has 8 nitrogen and oxygen atoms in total. The van der Waals surface area contributed by atoms with Gasteiger partial charge in [-0.15, -0.1) is 0 Å². The molecule has 4 aromatic rings. The molecule has 2 aromatic heterocycles. The molecule has 0 unspecified atom stereocenters. The van der Waals surface area contributed by atoms with Gasteiger partial charge in [-0.25, -0.2) is 13.9 Å². The maximum atomic E-state index is 14.9. The summed E-state index contributed by atoms with van der Waals surface area (Å²) in [6.07, 6.45) is 1.38. The Morgan fingerprint density at radius 1 is 1.17 bits per heavy atom. The predicted molar refractivity (Wildman–Crippen MR) is 135 cm³/mol. The lowest BCUT2D eigenvalue weighted by molar-refractivity contribution is 0.0516. The summed E-state index contributed by atoms with van der Waals surface area (Å²) >= 11 is 2.11. The van der Waals surface area contributed by atoms with E-state index in [2.05, 4.69) is 32.8 Å². The third-order valence-electron chi connectivity index (χ3n) is 5.32. The maximum Gasteiger partial charge on any atom is 0.357 e. The molecule has 180 valence electrons. The van der Waals surface area contributed by atoms with Crippen LogP contribution in [0.5, 0.6) is 5.75 Å². The molecule has 0 aliphatic rings. The highest BCUT2D eigenvalue weighted by Gasteiger charge is 2.32. The van der Waals surface area contributed by atoms with E-state index in [1.165, 1.54) is 31.0 Å². The lowest BCUT2D eigenvalue weighted by atomic mass is 9.97. The SMILES string of the molecule is CCOC(=O)c1c(-c2onc(-c3c(F)cccc3CI)c2C(C)=O)cnn1-c1ccccc1OC. The highest BCUT2D eigenvalue weighted by atomic mass is 127. The number of para-hydroxylation sites is 2. The van der Waals surface area contributed by atoms with Crippen LogP contribution >= 0.6 is 22.6 Å². The first-order valence-electron chi connectivity index (χ1n) is 10.7. The van der Waals surface area contributed by atoms with Crippen LogP contribution in [-0.2, 0) is 9.16 Å². The molecule has 10 heteroatoms. The molecule has 0 saturated heterocycles. The topological polar surface area (TPSA) is 96.5 Å². The normalized spacial score (nSPS) is 10.9. The molecule has 0 fully saturated rings. The zero-order chi connectivity index (χ0) is 25.1. The summed E-state index contributed by atoms with van der Waals surface area (Å²) < 4.78 is 33.0. The minimum atomic E-state index is -0.683. The summed E-state index contributed by atoms with van der Waals surface area (Å²) in [6, 6.07) is 11.7. The molecule has 2 heterocycles. The molecule has 0 saturated carbocycles. The number of hydrogen-bond acceptors (Lipinski definition) is 7. The van der Waals surface area contributed by atoms with Crippen LogP contribution in [-0.4, -0.2) is 40.4 Å². The number of methoxy groups -OCH3 is 1. The van der Waals surface area contributed by atoms with Crippen molar-refractivity contribution in [2.24, 2.45) is 0 Å². The fraction of sp³-hybridized carbons (Fsp3) is 0.200. The number of ketones is 1. The number of carbonyl (C=O) groups excluding carboxylic acids is 2. The van der Waals surface area contributed by atoms with Gasteiger partial charge in [0.15, 0.2) is 17.2 Å². The van der Waals surface area contributed by atoms with Gasteiger partial charge in [0, 0.05) is 9.99 Å². The van der Waals surface area contributed by atoms with E-state index >= 15 is 0 Å². The number of aromatic nitrogens is 3. The van der Waals surface area contributed by atoms with E-state index in [0.717, 1.165) is 0 Å². The van der Waals surface area contributed by atoms with Crippen LogP contribution in [0, 0.1) is 5.82 Å². The van der Waals surface area contributed by atoms with Crippen LogP contribution in [0.4, 0.5) is 4.39 Å². The molecule has 0 atom stereocenters. The van der Waals surface area contributed by atoms with Crippen molar-refractivity contribution in [2.45, 2.75) is 18.3 Å². The van der Waals surface area contributed by atoms with Gasteiger partial charge in [0.05, 0.1) is 31.0 Å². The standard InChI is InChI=1S/C25H21FIN3O5/c1-4-34-25(32)23-16(13-28-30(23)18-10-5-6-11-19(18)33-3)24-20(14(2)31)22(29-35-24)21-15(12-27)8-7-9-17(21)26/h5-11,13H,4,12H2,1-3H3. The van der Waals surface area contributed by atoms with E-state index in [0.29, 0.717) is 21.4 Å². The fourth-order valence-corrected chi connectivity index (χ4v) is 4.45. The number of ether oxygens (including phenoxy) is 2. The summed E-state index contributed by atoms with van der Waals surface area (Å²) in [5, 5.41) is 8.43. The van der Waals surface area contributed by atoms with E-state index in [-0.39, 0.29) is 40.4 Å². The van der Waals surface area contributed by atoms with Gasteiger partial charge in [-0.3, -0.25) is 4.79 Å². The number of carbonyl (C=O) groups is 2. The zero-order valence-electron chi connectivity index (χ0n) is 19.2. The highest BCUT2D eigenvalue weighted by Crippen LogP contribution is 2.38. The molecule has 0 radical (unpaired) electrons. The second-order valence-electron chi connectivity index (χ2n) is 7.41. The predicted octanol–water partition coefficient (Wildman–Crippen LogP) is 5.66. The van der Waals surface area contributed by atoms with E-state index < -0.39 is 17.6 Å². The summed E-state index contributed by atoms with van der Waals surface area (Å²) in [4.78, 5) is 25.9. The first kappa shape index (κ1) is 24.6. The van der Waals surface area contributed by atoms with Gasteiger partial charge in [0.1, 0.15) is 22.9 Å². The zero-order valence-corrected chi connectivity index (χ0v) is 21.3. The van der Waals surface area contributed by atoms with Gasteiger partial charge in [0.25, 0.3) is 0 Å². The molecule has 35 heavy (non-hydrogen) atoms. The molecule has 2 aromatic carbocycles. The van der Waals surface area contributed by atoms with Gasteiger partial charge in [-0.1, -0.05) is 52.0 Å². The number of hydrogen-bond donors (Lipinski definition) is 0. The van der Waals surface area contributed by atoms with E-state index in [9.17, 15) is 14.0 Å². The van der Waals surface area contributed by atoms with Crippen LogP contribution < -0.4 is 4.74 Å². The highest BCUT2D eigenvalue weighted by molar-refractivity contribution is 14.1. The van der Waals surface area contributed by atoms with Gasteiger partial charge < -0.3 is 14.0 Å². The van der Waals surface area contributed by atoms with Gasteiger partial charge in [-0.2, -0.15) is 5.10 Å². The number of halogens is 2. The smallest absolute Gasteiger partial charge is 0.357 e. The molecule has 4 rings (SSSR count). The van der Waals surface area contributed by atoms with Crippen molar-refractivity contribution in [3.8, 4) is 34.0 Å². The van der Waals surface area contributed by atoms with Gasteiger partial charge in [0.2, 0.25) is 0 Å². The second kappa shape index (κ2) is 10.4. The minimum absolute atomic E-state index is 0.000591. The lowest BCUT2D eigenvalue weighted by Crippen LogP contribution is -2.14. The van der Waals surface area contributed by atoms with E-state index in [4.69, 9.17) is 14.0 Å². The van der Waals surface area contributed by atoms with Gasteiger partial charge in [-0.05, 0) is 37.6 Å². The third-order valence-corrected chi connectivity index (χ3v) is 6.14. The summed E-state index contributed by atoms with van der Waals surface area (Å²) in [6.45, 7) is 3.13. The van der Waals surface area contributed by atoms with Crippen molar-refractivity contribution in [1.82, 2.24) is 14.9 Å². The Labute approximate surface area is 214 Å². The molecular formula is C25H21FIN3O5.